The van der Waals surface area contributed by atoms with Gasteiger partial charge in [0.05, 0.1) is 13.2 Å². The van der Waals surface area contributed by atoms with Crippen molar-refractivity contribution < 1.29 is 23.0 Å². The Hall–Kier alpha value is -0.330. The van der Waals surface area contributed by atoms with Crippen LogP contribution in [-0.4, -0.2) is 36.8 Å². The fourth-order valence-corrected chi connectivity index (χ4v) is 0.902. The third-order valence-corrected chi connectivity index (χ3v) is 1.54. The van der Waals surface area contributed by atoms with Crippen LogP contribution in [0.25, 0.3) is 0 Å². The van der Waals surface area contributed by atoms with Crippen LogP contribution in [-0.2, 0) is 4.74 Å². The number of ether oxygens (including phenoxy) is 1. The van der Waals surface area contributed by atoms with Crippen molar-refractivity contribution in [2.24, 2.45) is 0 Å². The molecule has 1 aliphatic rings. The van der Waals surface area contributed by atoms with Gasteiger partial charge in [-0.2, -0.15) is 13.2 Å². The van der Waals surface area contributed by atoms with E-state index >= 15 is 0 Å². The molecule has 2 N–H and O–H groups in total. The number of rotatable bonds is 1. The average molecular weight is 171 g/mol. The molecule has 1 aliphatic heterocycles. The number of hydrogen-bond acceptors (Lipinski definition) is 3. The minimum absolute atomic E-state index is 0.0277. The van der Waals surface area contributed by atoms with Crippen LogP contribution in [0.3, 0.4) is 0 Å². The molecule has 0 spiro atoms. The van der Waals surface area contributed by atoms with Crippen molar-refractivity contribution in [3.05, 3.63) is 0 Å². The van der Waals surface area contributed by atoms with Gasteiger partial charge in [-0.1, -0.05) is 0 Å². The molecule has 1 unspecified atom stereocenters. The topological polar surface area (TPSA) is 41.5 Å². The van der Waals surface area contributed by atoms with Crippen LogP contribution in [0.1, 0.15) is 0 Å². The van der Waals surface area contributed by atoms with Crippen molar-refractivity contribution in [1.29, 1.82) is 0 Å². The second-order valence-corrected chi connectivity index (χ2v) is 2.26. The Morgan fingerprint density at radius 3 is 2.36 bits per heavy atom. The SMILES string of the molecule is OCC1(C(F)(F)F)NCCO1. The number of hydrogen-bond donors (Lipinski definition) is 2. The van der Waals surface area contributed by atoms with E-state index in [2.05, 4.69) is 10.1 Å². The molecule has 66 valence electrons. The lowest BCUT2D eigenvalue weighted by Crippen LogP contribution is -2.57. The van der Waals surface area contributed by atoms with E-state index in [0.717, 1.165) is 0 Å². The van der Waals surface area contributed by atoms with E-state index in [-0.39, 0.29) is 13.2 Å². The molecule has 3 nitrogen and oxygen atoms in total. The molecule has 0 saturated carbocycles. The van der Waals surface area contributed by atoms with Gasteiger partial charge in [-0.3, -0.25) is 5.32 Å². The summed E-state index contributed by atoms with van der Waals surface area (Å²) in [5.74, 6) is 0. The number of alkyl halides is 3. The highest BCUT2D eigenvalue weighted by atomic mass is 19.4. The Balaban J connectivity index is 2.75. The van der Waals surface area contributed by atoms with E-state index in [9.17, 15) is 13.2 Å². The summed E-state index contributed by atoms with van der Waals surface area (Å²) in [6.07, 6.45) is -4.56. The Labute approximate surface area is 61.1 Å². The average Bonchev–Trinajstić information content (AvgIpc) is 2.33. The van der Waals surface area contributed by atoms with Crippen LogP contribution < -0.4 is 5.32 Å². The molecule has 6 heteroatoms. The summed E-state index contributed by atoms with van der Waals surface area (Å²) in [7, 11) is 0. The lowest BCUT2D eigenvalue weighted by molar-refractivity contribution is -0.281. The van der Waals surface area contributed by atoms with Gasteiger partial charge >= 0.3 is 6.18 Å². The zero-order valence-electron chi connectivity index (χ0n) is 5.61. The third kappa shape index (κ3) is 1.33. The van der Waals surface area contributed by atoms with Crippen molar-refractivity contribution in [2.75, 3.05) is 19.8 Å². The molecule has 0 amide bonds. The summed E-state index contributed by atoms with van der Waals surface area (Å²) in [6.45, 7) is -1.00. The second kappa shape index (κ2) is 2.62. The van der Waals surface area contributed by atoms with Gasteiger partial charge < -0.3 is 9.84 Å². The molecule has 0 aromatic carbocycles. The summed E-state index contributed by atoms with van der Waals surface area (Å²) in [5.41, 5.74) is -2.52. The molecule has 1 heterocycles. The van der Waals surface area contributed by atoms with Crippen molar-refractivity contribution in [3.8, 4) is 0 Å². The number of nitrogens with one attached hydrogen (secondary N) is 1. The van der Waals surface area contributed by atoms with E-state index < -0.39 is 18.5 Å². The summed E-state index contributed by atoms with van der Waals surface area (Å²) in [6, 6.07) is 0. The first-order valence-corrected chi connectivity index (χ1v) is 3.08. The number of halogens is 3. The molecule has 1 rings (SSSR count). The molecule has 1 saturated heterocycles. The fraction of sp³-hybridized carbons (Fsp3) is 1.00. The smallest absolute Gasteiger partial charge is 0.392 e. The first-order chi connectivity index (χ1) is 5.02. The zero-order chi connectivity index (χ0) is 8.54. The Bertz CT molecular complexity index is 141. The van der Waals surface area contributed by atoms with E-state index in [4.69, 9.17) is 5.11 Å². The van der Waals surface area contributed by atoms with Crippen molar-refractivity contribution >= 4 is 0 Å². The first-order valence-electron chi connectivity index (χ1n) is 3.08. The third-order valence-electron chi connectivity index (χ3n) is 1.54. The molecule has 0 aromatic heterocycles. The van der Waals surface area contributed by atoms with Crippen LogP contribution in [0.2, 0.25) is 0 Å². The second-order valence-electron chi connectivity index (χ2n) is 2.26. The number of aliphatic hydroxyl groups excluding tert-OH is 1. The van der Waals surface area contributed by atoms with E-state index in [1.54, 1.807) is 0 Å². The Kier molecular flexibility index (Phi) is 2.08. The monoisotopic (exact) mass is 171 g/mol. The summed E-state index contributed by atoms with van der Waals surface area (Å²) in [4.78, 5) is 0. The highest BCUT2D eigenvalue weighted by Gasteiger charge is 2.57. The quantitative estimate of drug-likeness (QED) is 0.576. The maximum Gasteiger partial charge on any atom is 0.433 e. The highest BCUT2D eigenvalue weighted by molar-refractivity contribution is 4.89. The molecule has 1 fully saturated rings. The predicted octanol–water partition coefficient (Wildman–Crippen LogP) is -0.143. The van der Waals surface area contributed by atoms with Gasteiger partial charge in [0.15, 0.2) is 0 Å². The minimum Gasteiger partial charge on any atom is -0.392 e. The summed E-state index contributed by atoms with van der Waals surface area (Å²) in [5, 5.41) is 10.5. The maximum atomic E-state index is 12.1. The van der Waals surface area contributed by atoms with E-state index in [1.807, 2.05) is 0 Å². The molecule has 0 aliphatic carbocycles. The van der Waals surface area contributed by atoms with Gasteiger partial charge in [-0.25, -0.2) is 0 Å². The van der Waals surface area contributed by atoms with E-state index in [1.165, 1.54) is 0 Å². The number of aliphatic hydroxyl groups is 1. The first kappa shape index (κ1) is 8.76. The van der Waals surface area contributed by atoms with Crippen LogP contribution >= 0.6 is 0 Å². The van der Waals surface area contributed by atoms with Gasteiger partial charge in [0.25, 0.3) is 0 Å². The van der Waals surface area contributed by atoms with Gasteiger partial charge in [0, 0.05) is 6.54 Å². The molecule has 0 aromatic rings. The minimum atomic E-state index is -4.56. The largest absolute Gasteiger partial charge is 0.433 e. The zero-order valence-corrected chi connectivity index (χ0v) is 5.61. The highest BCUT2D eigenvalue weighted by Crippen LogP contribution is 2.32. The predicted molar refractivity (Wildman–Crippen MR) is 29.8 cm³/mol. The Morgan fingerprint density at radius 2 is 2.18 bits per heavy atom. The molecule has 11 heavy (non-hydrogen) atoms. The van der Waals surface area contributed by atoms with Crippen molar-refractivity contribution in [1.82, 2.24) is 5.32 Å². The van der Waals surface area contributed by atoms with Gasteiger partial charge in [0.2, 0.25) is 5.72 Å². The van der Waals surface area contributed by atoms with Crippen LogP contribution in [0.5, 0.6) is 0 Å². The van der Waals surface area contributed by atoms with Gasteiger partial charge in [-0.15, -0.1) is 0 Å². The Morgan fingerprint density at radius 1 is 1.55 bits per heavy atom. The van der Waals surface area contributed by atoms with Crippen LogP contribution in [0.15, 0.2) is 0 Å². The molecule has 0 radical (unpaired) electrons. The molecular weight excluding hydrogens is 163 g/mol. The summed E-state index contributed by atoms with van der Waals surface area (Å²) >= 11 is 0. The van der Waals surface area contributed by atoms with Crippen molar-refractivity contribution in [3.63, 3.8) is 0 Å². The molecular formula is C5H8F3NO2. The van der Waals surface area contributed by atoms with E-state index in [0.29, 0.717) is 0 Å². The standard InChI is InChI=1S/C5H8F3NO2/c6-5(7,8)4(3-10)9-1-2-11-4/h9-10H,1-3H2. The van der Waals surface area contributed by atoms with Gasteiger partial charge in [0.1, 0.15) is 0 Å². The fourth-order valence-electron chi connectivity index (χ4n) is 0.902. The maximum absolute atomic E-state index is 12.1. The normalized spacial score (nSPS) is 32.7. The van der Waals surface area contributed by atoms with Crippen LogP contribution in [0, 0.1) is 0 Å². The lowest BCUT2D eigenvalue weighted by Gasteiger charge is -2.28. The van der Waals surface area contributed by atoms with Crippen molar-refractivity contribution in [2.45, 2.75) is 11.9 Å². The lowest BCUT2D eigenvalue weighted by atomic mass is 10.2. The molecule has 1 atom stereocenters. The molecule has 0 bridgehead atoms. The summed E-state index contributed by atoms with van der Waals surface area (Å²) < 4.78 is 40.6. The van der Waals surface area contributed by atoms with Crippen LogP contribution in [0.4, 0.5) is 13.2 Å². The van der Waals surface area contributed by atoms with Gasteiger partial charge in [-0.05, 0) is 0 Å².